The lowest BCUT2D eigenvalue weighted by Crippen LogP contribution is -2.17. The van der Waals surface area contributed by atoms with Crippen molar-refractivity contribution >= 4 is 42.5 Å². The van der Waals surface area contributed by atoms with Crippen LogP contribution in [0.4, 0.5) is 15.8 Å². The van der Waals surface area contributed by atoms with Crippen LogP contribution in [0.5, 0.6) is 0 Å². The molecule has 4 aromatic rings. The van der Waals surface area contributed by atoms with E-state index in [1.54, 1.807) is 0 Å². The molecule has 0 aliphatic heterocycles. The molecule has 0 saturated heterocycles. The maximum absolute atomic E-state index is 13.1. The first-order valence-corrected chi connectivity index (χ1v) is 11.6. The molecule has 0 radical (unpaired) electrons. The van der Waals surface area contributed by atoms with Crippen molar-refractivity contribution in [3.8, 4) is 0 Å². The molecule has 3 aromatic carbocycles. The molecule has 0 bridgehead atoms. The Labute approximate surface area is 175 Å². The summed E-state index contributed by atoms with van der Waals surface area (Å²) in [5.41, 5.74) is 0.308. The summed E-state index contributed by atoms with van der Waals surface area (Å²) in [7, 11) is -8.26. The van der Waals surface area contributed by atoms with E-state index in [0.717, 1.165) is 24.3 Å². The minimum Gasteiger partial charge on any atom is -0.408 e. The normalized spacial score (nSPS) is 12.0. The van der Waals surface area contributed by atoms with Gasteiger partial charge in [0.2, 0.25) is 0 Å². The third kappa shape index (κ3) is 4.29. The summed E-state index contributed by atoms with van der Waals surface area (Å²) in [4.78, 5) is 13.3. The van der Waals surface area contributed by atoms with E-state index in [9.17, 15) is 26.0 Å². The Morgan fingerprint density at radius 1 is 0.774 bits per heavy atom. The number of para-hydroxylation sites is 2. The number of anilines is 2. The molecule has 0 spiro atoms. The predicted molar refractivity (Wildman–Crippen MR) is 111 cm³/mol. The second kappa shape index (κ2) is 7.56. The molecular weight excluding hydrogens is 449 g/mol. The van der Waals surface area contributed by atoms with Gasteiger partial charge >= 0.3 is 5.76 Å². The third-order valence-corrected chi connectivity index (χ3v) is 6.99. The molecule has 1 heterocycles. The van der Waals surface area contributed by atoms with Gasteiger partial charge in [0, 0.05) is 6.07 Å². The first-order valence-electron chi connectivity index (χ1n) is 8.67. The molecule has 9 nitrogen and oxygen atoms in total. The second-order valence-electron chi connectivity index (χ2n) is 6.38. The van der Waals surface area contributed by atoms with Gasteiger partial charge in [-0.1, -0.05) is 12.1 Å². The van der Waals surface area contributed by atoms with E-state index in [4.69, 9.17) is 4.42 Å². The molecule has 31 heavy (non-hydrogen) atoms. The summed E-state index contributed by atoms with van der Waals surface area (Å²) in [6.07, 6.45) is 0. The van der Waals surface area contributed by atoms with Gasteiger partial charge in [0.1, 0.15) is 5.82 Å². The summed E-state index contributed by atoms with van der Waals surface area (Å²) >= 11 is 0. The maximum atomic E-state index is 13.1. The van der Waals surface area contributed by atoms with E-state index in [1.165, 1.54) is 42.5 Å². The largest absolute Gasteiger partial charge is 0.417 e. The number of H-pyrrole nitrogens is 1. The SMILES string of the molecule is O=c1[nH]c2ccc(S(=O)(=O)Nc3ccccc3NS(=O)(=O)c3ccc(F)cc3)cc2o1. The van der Waals surface area contributed by atoms with Crippen LogP contribution in [-0.4, -0.2) is 21.8 Å². The monoisotopic (exact) mass is 463 g/mol. The van der Waals surface area contributed by atoms with Crippen molar-refractivity contribution in [2.75, 3.05) is 9.44 Å². The smallest absolute Gasteiger partial charge is 0.408 e. The van der Waals surface area contributed by atoms with Gasteiger partial charge in [-0.05, 0) is 48.5 Å². The van der Waals surface area contributed by atoms with Crippen LogP contribution < -0.4 is 15.2 Å². The van der Waals surface area contributed by atoms with Crippen LogP contribution in [0.15, 0.2) is 85.7 Å². The van der Waals surface area contributed by atoms with Crippen molar-refractivity contribution in [3.63, 3.8) is 0 Å². The van der Waals surface area contributed by atoms with Crippen molar-refractivity contribution in [2.24, 2.45) is 0 Å². The summed E-state index contributed by atoms with van der Waals surface area (Å²) in [6, 6.07) is 13.7. The summed E-state index contributed by atoms with van der Waals surface area (Å²) < 4.78 is 73.4. The van der Waals surface area contributed by atoms with Gasteiger partial charge in [0.05, 0.1) is 26.7 Å². The Balaban J connectivity index is 1.66. The van der Waals surface area contributed by atoms with Gasteiger partial charge in [-0.3, -0.25) is 14.4 Å². The molecule has 0 unspecified atom stereocenters. The molecule has 0 atom stereocenters. The lowest BCUT2D eigenvalue weighted by molar-refractivity contribution is 0.554. The van der Waals surface area contributed by atoms with Crippen LogP contribution >= 0.6 is 0 Å². The van der Waals surface area contributed by atoms with Crippen LogP contribution in [0.1, 0.15) is 0 Å². The lowest BCUT2D eigenvalue weighted by atomic mass is 10.3. The average Bonchev–Trinajstić information content (AvgIpc) is 3.08. The first kappa shape index (κ1) is 20.6. The Bertz CT molecular complexity index is 1540. The number of sulfonamides is 2. The molecule has 0 fully saturated rings. The Kier molecular flexibility index (Phi) is 5.03. The highest BCUT2D eigenvalue weighted by Crippen LogP contribution is 2.27. The Morgan fingerprint density at radius 3 is 1.94 bits per heavy atom. The first-order chi connectivity index (χ1) is 14.6. The van der Waals surface area contributed by atoms with Crippen molar-refractivity contribution in [1.29, 1.82) is 0 Å². The fourth-order valence-corrected chi connectivity index (χ4v) is 4.95. The summed E-state index contributed by atoms with van der Waals surface area (Å²) in [5, 5.41) is 0. The highest BCUT2D eigenvalue weighted by Gasteiger charge is 2.20. The van der Waals surface area contributed by atoms with Crippen molar-refractivity contribution < 1.29 is 25.6 Å². The Hall–Kier alpha value is -3.64. The molecular formula is C19H14FN3O6S2. The van der Waals surface area contributed by atoms with Gasteiger partial charge in [-0.15, -0.1) is 0 Å². The summed E-state index contributed by atoms with van der Waals surface area (Å²) in [5.74, 6) is -1.32. The average molecular weight is 463 g/mol. The van der Waals surface area contributed by atoms with Crippen LogP contribution in [0, 0.1) is 5.82 Å². The highest BCUT2D eigenvalue weighted by atomic mass is 32.2. The minimum atomic E-state index is -4.15. The zero-order chi connectivity index (χ0) is 22.2. The highest BCUT2D eigenvalue weighted by molar-refractivity contribution is 7.93. The summed E-state index contributed by atoms with van der Waals surface area (Å²) in [6.45, 7) is 0. The number of nitrogens with one attached hydrogen (secondary N) is 3. The van der Waals surface area contributed by atoms with Gasteiger partial charge in [0.25, 0.3) is 20.0 Å². The topological polar surface area (TPSA) is 138 Å². The molecule has 0 aliphatic carbocycles. The van der Waals surface area contributed by atoms with E-state index in [-0.39, 0.29) is 26.7 Å². The number of benzene rings is 3. The number of halogens is 1. The van der Waals surface area contributed by atoms with E-state index in [0.29, 0.717) is 5.52 Å². The standard InChI is InChI=1S/C19H14FN3O6S2/c20-12-5-7-13(8-6-12)30(25,26)22-15-3-1-2-4-16(15)23-31(27,28)14-9-10-17-18(11-14)29-19(24)21-17/h1-11,22-23H,(H,21,24). The van der Waals surface area contributed by atoms with Gasteiger partial charge in [-0.2, -0.15) is 0 Å². The fourth-order valence-electron chi connectivity index (χ4n) is 2.78. The molecule has 0 aliphatic rings. The number of aromatic amines is 1. The molecule has 1 aromatic heterocycles. The molecule has 0 amide bonds. The zero-order valence-electron chi connectivity index (χ0n) is 15.5. The van der Waals surface area contributed by atoms with Crippen molar-refractivity contribution in [2.45, 2.75) is 9.79 Å². The number of aromatic nitrogens is 1. The third-order valence-electron chi connectivity index (χ3n) is 4.24. The molecule has 160 valence electrons. The fraction of sp³-hybridized carbons (Fsp3) is 0. The number of rotatable bonds is 6. The number of fused-ring (bicyclic) bond motifs is 1. The van der Waals surface area contributed by atoms with E-state index in [1.807, 2.05) is 0 Å². The van der Waals surface area contributed by atoms with Crippen LogP contribution in [0.3, 0.4) is 0 Å². The van der Waals surface area contributed by atoms with E-state index < -0.39 is 31.6 Å². The predicted octanol–water partition coefficient (Wildman–Crippen LogP) is 2.86. The molecule has 4 rings (SSSR count). The van der Waals surface area contributed by atoms with E-state index in [2.05, 4.69) is 14.4 Å². The molecule has 3 N–H and O–H groups in total. The van der Waals surface area contributed by atoms with Crippen molar-refractivity contribution in [1.82, 2.24) is 4.98 Å². The van der Waals surface area contributed by atoms with Crippen LogP contribution in [-0.2, 0) is 20.0 Å². The maximum Gasteiger partial charge on any atom is 0.417 e. The second-order valence-corrected chi connectivity index (χ2v) is 9.75. The lowest BCUT2D eigenvalue weighted by Gasteiger charge is -2.14. The molecule has 12 heteroatoms. The number of hydrogen-bond acceptors (Lipinski definition) is 6. The quantitative estimate of drug-likeness (QED) is 0.402. The zero-order valence-corrected chi connectivity index (χ0v) is 17.1. The Morgan fingerprint density at radius 2 is 1.32 bits per heavy atom. The van der Waals surface area contributed by atoms with Crippen molar-refractivity contribution in [3.05, 3.63) is 83.1 Å². The van der Waals surface area contributed by atoms with Gasteiger partial charge in [0.15, 0.2) is 5.58 Å². The van der Waals surface area contributed by atoms with Crippen LogP contribution in [0.2, 0.25) is 0 Å². The van der Waals surface area contributed by atoms with Gasteiger partial charge < -0.3 is 4.42 Å². The van der Waals surface area contributed by atoms with E-state index >= 15 is 0 Å². The van der Waals surface area contributed by atoms with Crippen LogP contribution in [0.25, 0.3) is 11.1 Å². The molecule has 0 saturated carbocycles. The number of hydrogen-bond donors (Lipinski definition) is 3. The van der Waals surface area contributed by atoms with Gasteiger partial charge in [-0.25, -0.2) is 26.0 Å². The number of oxazole rings is 1. The minimum absolute atomic E-state index is 0.0374.